The minimum atomic E-state index is -0.938. The van der Waals surface area contributed by atoms with Crippen LogP contribution in [0.5, 0.6) is 0 Å². The van der Waals surface area contributed by atoms with Gasteiger partial charge in [0.15, 0.2) is 11.6 Å². The molecule has 1 aromatic carbocycles. The number of morpholine rings is 1. The van der Waals surface area contributed by atoms with E-state index in [2.05, 4.69) is 27.9 Å². The highest BCUT2D eigenvalue weighted by Gasteiger charge is 2.30. The van der Waals surface area contributed by atoms with Crippen molar-refractivity contribution in [2.24, 2.45) is 7.05 Å². The largest absolute Gasteiger partial charge is 0.376 e. The van der Waals surface area contributed by atoms with Crippen molar-refractivity contribution in [3.05, 3.63) is 87.9 Å². The number of ether oxygens (including phenoxy) is 1. The highest BCUT2D eigenvalue weighted by molar-refractivity contribution is 5.85. The topological polar surface area (TPSA) is 81.0 Å². The molecule has 0 spiro atoms. The number of nitrogens with one attached hydrogen (secondary N) is 1. The molecule has 5 heterocycles. The Morgan fingerprint density at radius 2 is 1.80 bits per heavy atom. The number of nitrogens with zero attached hydrogens (tertiary/aromatic N) is 5. The van der Waals surface area contributed by atoms with Gasteiger partial charge in [0, 0.05) is 73.5 Å². The normalized spacial score (nSPS) is 19.2. The van der Waals surface area contributed by atoms with Gasteiger partial charge in [0.1, 0.15) is 17.2 Å². The Hall–Kier alpha value is -4.15. The molecule has 0 radical (unpaired) electrons. The molecule has 226 valence electrons. The van der Waals surface area contributed by atoms with Gasteiger partial charge in [-0.2, -0.15) is 0 Å². The Morgan fingerprint density at radius 1 is 1.02 bits per heavy atom. The maximum absolute atomic E-state index is 14.8. The number of imidazole rings is 1. The molecule has 3 fully saturated rings. The Kier molecular flexibility index (Phi) is 6.53. The molecular formula is C34H34F2N6O2. The zero-order chi connectivity index (χ0) is 30.1. The summed E-state index contributed by atoms with van der Waals surface area (Å²) < 4.78 is 38.5. The third-order valence-electron chi connectivity index (χ3n) is 9.13. The second-order valence-corrected chi connectivity index (χ2v) is 12.6. The van der Waals surface area contributed by atoms with Gasteiger partial charge in [-0.25, -0.2) is 18.7 Å². The standard InChI is InChI=1S/C34H34F2N6O2/c1-19-16-41(9-10-44-19)17-23-13-25-27(20-3-4-20)18-42(34(43)32(25)38-23)31-12-22(11-30(39-31)21-5-6-21)24-14-28(35)29(36)15-26(24)33-37-7-8-40(33)2/h7-8,11-15,18-21,38H,3-6,9-10,16-17H2,1-2H3/t19-/m1/s1. The molecule has 3 aliphatic rings. The molecule has 2 saturated carbocycles. The maximum atomic E-state index is 14.8. The van der Waals surface area contributed by atoms with Crippen LogP contribution in [0.25, 0.3) is 39.2 Å². The Labute approximate surface area is 253 Å². The molecule has 4 aromatic heterocycles. The predicted molar refractivity (Wildman–Crippen MR) is 164 cm³/mol. The Morgan fingerprint density at radius 3 is 2.50 bits per heavy atom. The number of benzene rings is 1. The summed E-state index contributed by atoms with van der Waals surface area (Å²) >= 11 is 0. The van der Waals surface area contributed by atoms with Crippen molar-refractivity contribution in [3.63, 3.8) is 0 Å². The number of hydrogen-bond acceptors (Lipinski definition) is 5. The van der Waals surface area contributed by atoms with Gasteiger partial charge in [-0.15, -0.1) is 0 Å². The highest BCUT2D eigenvalue weighted by atomic mass is 19.2. The molecule has 5 aromatic rings. The average Bonchev–Trinajstić information content (AvgIpc) is 3.94. The molecule has 10 heteroatoms. The third kappa shape index (κ3) is 4.95. The van der Waals surface area contributed by atoms with E-state index in [1.807, 2.05) is 25.4 Å². The first kappa shape index (κ1) is 27.4. The summed E-state index contributed by atoms with van der Waals surface area (Å²) in [4.78, 5) is 29.4. The van der Waals surface area contributed by atoms with Gasteiger partial charge < -0.3 is 14.3 Å². The van der Waals surface area contributed by atoms with Crippen molar-refractivity contribution in [3.8, 4) is 28.3 Å². The van der Waals surface area contributed by atoms with Crippen LogP contribution in [-0.4, -0.2) is 54.8 Å². The van der Waals surface area contributed by atoms with Crippen LogP contribution < -0.4 is 5.56 Å². The third-order valence-corrected chi connectivity index (χ3v) is 9.13. The van der Waals surface area contributed by atoms with Crippen molar-refractivity contribution in [2.45, 2.75) is 57.1 Å². The van der Waals surface area contributed by atoms with Crippen molar-refractivity contribution in [1.82, 2.24) is 29.0 Å². The zero-order valence-electron chi connectivity index (χ0n) is 24.8. The summed E-state index contributed by atoms with van der Waals surface area (Å²) in [5.41, 5.74) is 5.04. The molecule has 0 unspecified atom stereocenters. The fraction of sp³-hybridized carbons (Fsp3) is 0.382. The molecule has 1 N–H and O–H groups in total. The van der Waals surface area contributed by atoms with Crippen molar-refractivity contribution < 1.29 is 13.5 Å². The number of rotatable bonds is 7. The second kappa shape index (κ2) is 10.5. The van der Waals surface area contributed by atoms with Crippen molar-refractivity contribution in [1.29, 1.82) is 0 Å². The molecule has 0 amide bonds. The Balaban J connectivity index is 1.28. The second-order valence-electron chi connectivity index (χ2n) is 12.6. The van der Waals surface area contributed by atoms with E-state index in [9.17, 15) is 13.6 Å². The van der Waals surface area contributed by atoms with Gasteiger partial charge in [-0.3, -0.25) is 14.3 Å². The minimum absolute atomic E-state index is 0.174. The first-order chi connectivity index (χ1) is 21.3. The molecule has 1 atom stereocenters. The lowest BCUT2D eigenvalue weighted by atomic mass is 9.97. The molecule has 1 saturated heterocycles. The van der Waals surface area contributed by atoms with Gasteiger partial charge in [-0.05, 0) is 85.5 Å². The number of halogens is 2. The lowest BCUT2D eigenvalue weighted by Crippen LogP contribution is -2.40. The molecular weight excluding hydrogens is 562 g/mol. The number of fused-ring (bicyclic) bond motifs is 1. The van der Waals surface area contributed by atoms with E-state index in [1.54, 1.807) is 21.5 Å². The minimum Gasteiger partial charge on any atom is -0.376 e. The summed E-state index contributed by atoms with van der Waals surface area (Å²) in [5, 5.41) is 0.973. The fourth-order valence-corrected chi connectivity index (χ4v) is 6.54. The SMILES string of the molecule is C[C@@H]1CN(Cc2cc3c(C4CC4)cn(-c4cc(-c5cc(F)c(F)cc5-c5nccn5C)cc(C5CC5)n4)c(=O)c3[nH]2)CCO1. The van der Waals surface area contributed by atoms with Gasteiger partial charge >= 0.3 is 0 Å². The van der Waals surface area contributed by atoms with E-state index in [0.717, 1.165) is 67.7 Å². The number of H-pyrrole nitrogens is 1. The first-order valence-electron chi connectivity index (χ1n) is 15.4. The quantitative estimate of drug-likeness (QED) is 0.248. The van der Waals surface area contributed by atoms with Crippen LogP contribution in [0.15, 0.2) is 53.7 Å². The van der Waals surface area contributed by atoms with E-state index in [-0.39, 0.29) is 17.6 Å². The van der Waals surface area contributed by atoms with Crippen LogP contribution in [0.3, 0.4) is 0 Å². The molecule has 1 aliphatic heterocycles. The summed E-state index contributed by atoms with van der Waals surface area (Å²) in [7, 11) is 1.82. The first-order valence-corrected chi connectivity index (χ1v) is 15.4. The smallest absolute Gasteiger partial charge is 0.280 e. The van der Waals surface area contributed by atoms with Crippen LogP contribution >= 0.6 is 0 Å². The van der Waals surface area contributed by atoms with Gasteiger partial charge in [-0.1, -0.05) is 0 Å². The summed E-state index contributed by atoms with van der Waals surface area (Å²) in [6, 6.07) is 8.31. The summed E-state index contributed by atoms with van der Waals surface area (Å²) in [5.74, 6) is -0.212. The van der Waals surface area contributed by atoms with Crippen LogP contribution in [0.1, 0.15) is 61.4 Å². The number of aromatic nitrogens is 5. The lowest BCUT2D eigenvalue weighted by Gasteiger charge is -2.30. The summed E-state index contributed by atoms with van der Waals surface area (Å²) in [6.45, 7) is 5.20. The number of aryl methyl sites for hydroxylation is 1. The van der Waals surface area contributed by atoms with Crippen LogP contribution in [0.2, 0.25) is 0 Å². The van der Waals surface area contributed by atoms with E-state index in [1.165, 1.54) is 12.1 Å². The van der Waals surface area contributed by atoms with Gasteiger partial charge in [0.25, 0.3) is 5.56 Å². The van der Waals surface area contributed by atoms with Crippen LogP contribution in [0.4, 0.5) is 8.78 Å². The zero-order valence-corrected chi connectivity index (χ0v) is 24.8. The van der Waals surface area contributed by atoms with Crippen LogP contribution in [-0.2, 0) is 18.3 Å². The molecule has 8 rings (SSSR count). The van der Waals surface area contributed by atoms with Gasteiger partial charge in [0.2, 0.25) is 0 Å². The van der Waals surface area contributed by atoms with Crippen LogP contribution in [0, 0.1) is 11.6 Å². The number of aromatic amines is 1. The molecule has 2 aliphatic carbocycles. The van der Waals surface area contributed by atoms with Crippen molar-refractivity contribution >= 4 is 10.9 Å². The monoisotopic (exact) mass is 596 g/mol. The van der Waals surface area contributed by atoms with E-state index in [4.69, 9.17) is 9.72 Å². The lowest BCUT2D eigenvalue weighted by molar-refractivity contribution is -0.0215. The number of hydrogen-bond donors (Lipinski definition) is 1. The summed E-state index contributed by atoms with van der Waals surface area (Å²) in [6.07, 6.45) is 9.69. The van der Waals surface area contributed by atoms with E-state index < -0.39 is 11.6 Å². The molecule has 44 heavy (non-hydrogen) atoms. The van der Waals surface area contributed by atoms with E-state index >= 15 is 0 Å². The highest BCUT2D eigenvalue weighted by Crippen LogP contribution is 2.44. The van der Waals surface area contributed by atoms with Crippen molar-refractivity contribution in [2.75, 3.05) is 19.7 Å². The Bertz CT molecular complexity index is 1970. The van der Waals surface area contributed by atoms with Gasteiger partial charge in [0.05, 0.1) is 12.7 Å². The average molecular weight is 597 g/mol. The van der Waals surface area contributed by atoms with E-state index in [0.29, 0.717) is 46.4 Å². The fourth-order valence-electron chi connectivity index (χ4n) is 6.54. The molecule has 0 bridgehead atoms. The molecule has 8 nitrogen and oxygen atoms in total. The predicted octanol–water partition coefficient (Wildman–Crippen LogP) is 6.04. The maximum Gasteiger partial charge on any atom is 0.280 e. The number of pyridine rings is 2.